The molecule has 3 aliphatic rings. The normalized spacial score (nSPS) is 16.6. The van der Waals surface area contributed by atoms with Crippen molar-refractivity contribution in [2.45, 2.75) is 65.2 Å². The number of urea groups is 1. The van der Waals surface area contributed by atoms with E-state index < -0.39 is 35.3 Å². The predicted octanol–water partition coefficient (Wildman–Crippen LogP) is 5.54. The van der Waals surface area contributed by atoms with Crippen LogP contribution in [-0.2, 0) is 41.8 Å². The molecule has 0 spiro atoms. The number of esters is 1. The Bertz CT molecular complexity index is 3160. The molecule has 9 rings (SSSR count). The number of aromatic hydroxyl groups is 2. The summed E-state index contributed by atoms with van der Waals surface area (Å²) >= 11 is 0. The molecule has 3 aromatic carbocycles. The molecule has 0 bridgehead atoms. The second-order valence-electron chi connectivity index (χ2n) is 17.1. The maximum atomic E-state index is 14.0. The fraction of sp³-hybridized carbons (Fsp3) is 0.312. The highest BCUT2D eigenvalue weighted by atomic mass is 16.6. The summed E-state index contributed by atoms with van der Waals surface area (Å²) in [5.74, 6) is -1.83. The summed E-state index contributed by atoms with van der Waals surface area (Å²) in [5, 5.41) is 42.4. The third-order valence-corrected chi connectivity index (χ3v) is 13.1. The number of anilines is 1. The van der Waals surface area contributed by atoms with Crippen molar-refractivity contribution < 1.29 is 44.0 Å². The monoisotopic (exact) mass is 896 g/mol. The Morgan fingerprint density at radius 1 is 0.955 bits per heavy atom. The van der Waals surface area contributed by atoms with Gasteiger partial charge in [0.15, 0.2) is 5.60 Å². The summed E-state index contributed by atoms with van der Waals surface area (Å²) < 4.78 is 14.4. The highest BCUT2D eigenvalue weighted by Crippen LogP contribution is 2.41. The van der Waals surface area contributed by atoms with Gasteiger partial charge in [0.2, 0.25) is 0 Å². The largest absolute Gasteiger partial charge is 0.508 e. The van der Waals surface area contributed by atoms with E-state index in [1.165, 1.54) is 11.0 Å². The molecule has 1 fully saturated rings. The van der Waals surface area contributed by atoms with E-state index in [4.69, 9.17) is 25.6 Å². The zero-order valence-corrected chi connectivity index (χ0v) is 37.0. The molecule has 18 nitrogen and oxygen atoms in total. The molecule has 1 atom stereocenters. The number of pyridine rings is 2. The number of carbonyl (C=O) groups excluding carboxylic acids is 4. The van der Waals surface area contributed by atoms with Gasteiger partial charge >= 0.3 is 18.1 Å². The van der Waals surface area contributed by atoms with Crippen molar-refractivity contribution in [1.29, 1.82) is 5.41 Å². The number of phenols is 2. The molecule has 6 N–H and O–H groups in total. The molecule has 66 heavy (non-hydrogen) atoms. The molecule has 0 saturated carbocycles. The molecular weight excluding hydrogens is 849 g/mol. The SMILES string of the molecule is CCc1c2c(nc3ccc(OC(=O)N4CCN(C(=O)c5cc6cc(N(C(=N)c7cc(C(C)C)c(O)cc7O)C(N)=O)ccc6n5C)CC4)cc13)-c1cc3c(c(=O)n1C2)COC(=O)C3(O)CC. The molecular formula is C48H48N8O10. The summed E-state index contributed by atoms with van der Waals surface area (Å²) in [4.78, 5) is 75.7. The van der Waals surface area contributed by atoms with Gasteiger partial charge in [0.1, 0.15) is 35.4 Å². The number of aromatic nitrogens is 3. The second-order valence-corrected chi connectivity index (χ2v) is 17.1. The van der Waals surface area contributed by atoms with Gasteiger partial charge in [-0.25, -0.2) is 24.3 Å². The number of aliphatic hydroxyl groups is 1. The maximum absolute atomic E-state index is 14.0. The molecule has 1 saturated heterocycles. The van der Waals surface area contributed by atoms with Crippen LogP contribution in [0.15, 0.2) is 65.5 Å². The fourth-order valence-corrected chi connectivity index (χ4v) is 9.44. The van der Waals surface area contributed by atoms with Crippen LogP contribution in [0.25, 0.3) is 33.2 Å². The number of phenolic OH excluding ortho intramolecular Hbond substituents is 2. The number of primary amides is 1. The summed E-state index contributed by atoms with van der Waals surface area (Å²) in [6.07, 6.45) is 0.0370. The van der Waals surface area contributed by atoms with Gasteiger partial charge in [-0.15, -0.1) is 0 Å². The van der Waals surface area contributed by atoms with Crippen LogP contribution in [0, 0.1) is 5.41 Å². The fourth-order valence-electron chi connectivity index (χ4n) is 9.44. The molecule has 4 amide bonds. The zero-order valence-electron chi connectivity index (χ0n) is 37.0. The smallest absolute Gasteiger partial charge is 0.415 e. The van der Waals surface area contributed by atoms with E-state index in [1.807, 2.05) is 20.8 Å². The summed E-state index contributed by atoms with van der Waals surface area (Å²) in [7, 11) is 1.74. The van der Waals surface area contributed by atoms with E-state index in [0.717, 1.165) is 27.5 Å². The van der Waals surface area contributed by atoms with Crippen LogP contribution in [-0.4, -0.2) is 95.3 Å². The minimum absolute atomic E-state index is 0.00118. The Balaban J connectivity index is 0.895. The average Bonchev–Trinajstić information content (AvgIpc) is 3.83. The first-order chi connectivity index (χ1) is 31.4. The van der Waals surface area contributed by atoms with E-state index in [1.54, 1.807) is 76.5 Å². The van der Waals surface area contributed by atoms with E-state index in [2.05, 4.69) is 0 Å². The standard InChI is InChI=1S/C48H48N8O10/c1-6-28-30-18-27(9-10-35(30)51-41-32(28)22-55-37(41)20-34-33(43(55)59)23-65-45(61)48(34,64)7-2)66-47(63)54-14-12-53(13-15-54)44(60)38-17-25-16-26(8-11-36(25)52(38)5)56(46(50)62)42(49)31-19-29(24(3)4)39(57)21-40(31)58/h8-11,16-21,24,49,57-58,64H,6-7,12-15,22-23H2,1-5H3,(H2,50,62). The van der Waals surface area contributed by atoms with E-state index in [-0.39, 0.29) is 91.3 Å². The average molecular weight is 897 g/mol. The molecule has 3 aromatic heterocycles. The van der Waals surface area contributed by atoms with E-state index in [0.29, 0.717) is 51.2 Å². The van der Waals surface area contributed by atoms with Crippen LogP contribution in [0.5, 0.6) is 17.2 Å². The third-order valence-electron chi connectivity index (χ3n) is 13.1. The number of aryl methyl sites for hydroxylation is 2. The van der Waals surface area contributed by atoms with Crippen molar-refractivity contribution in [3.63, 3.8) is 0 Å². The van der Waals surface area contributed by atoms with Gasteiger partial charge in [0.25, 0.3) is 11.5 Å². The van der Waals surface area contributed by atoms with Gasteiger partial charge in [0.05, 0.1) is 40.3 Å². The molecule has 1 unspecified atom stereocenters. The van der Waals surface area contributed by atoms with Gasteiger partial charge in [-0.2, -0.15) is 0 Å². The highest BCUT2D eigenvalue weighted by Gasteiger charge is 2.45. The minimum Gasteiger partial charge on any atom is -0.508 e. The number of rotatable bonds is 7. The number of ether oxygens (including phenoxy) is 2. The molecule has 3 aliphatic heterocycles. The van der Waals surface area contributed by atoms with Gasteiger partial charge in [0, 0.05) is 66.7 Å². The van der Waals surface area contributed by atoms with Gasteiger partial charge < -0.3 is 49.5 Å². The van der Waals surface area contributed by atoms with Crippen LogP contribution in [0.4, 0.5) is 15.3 Å². The Labute approximate surface area is 377 Å². The lowest BCUT2D eigenvalue weighted by Gasteiger charge is -2.34. The number of amides is 4. The topological polar surface area (TPSA) is 247 Å². The number of hydrogen-bond donors (Lipinski definition) is 5. The number of carbonyl (C=O) groups is 4. The number of benzene rings is 3. The first kappa shape index (κ1) is 43.5. The van der Waals surface area contributed by atoms with Crippen LogP contribution in [0.3, 0.4) is 0 Å². The lowest BCUT2D eigenvalue weighted by atomic mass is 9.86. The van der Waals surface area contributed by atoms with Crippen molar-refractivity contribution >= 4 is 57.3 Å². The number of nitrogens with two attached hydrogens (primary N) is 1. The van der Waals surface area contributed by atoms with Crippen LogP contribution in [0.1, 0.15) is 83.9 Å². The molecule has 0 radical (unpaired) electrons. The number of piperazine rings is 1. The number of nitrogens with one attached hydrogen (secondary N) is 1. The quantitative estimate of drug-likeness (QED) is 0.0756. The second kappa shape index (κ2) is 16.1. The zero-order chi connectivity index (χ0) is 47.1. The third kappa shape index (κ3) is 6.86. The molecule has 6 aromatic rings. The first-order valence-electron chi connectivity index (χ1n) is 21.7. The predicted molar refractivity (Wildman–Crippen MR) is 243 cm³/mol. The molecule has 0 aliphatic carbocycles. The molecule has 18 heteroatoms. The highest BCUT2D eigenvalue weighted by molar-refractivity contribution is 6.23. The van der Waals surface area contributed by atoms with E-state index in [9.17, 15) is 39.3 Å². The Hall–Kier alpha value is -7.73. The van der Waals surface area contributed by atoms with Crippen molar-refractivity contribution in [2.75, 3.05) is 31.1 Å². The van der Waals surface area contributed by atoms with Crippen molar-refractivity contribution in [3.05, 3.63) is 110 Å². The van der Waals surface area contributed by atoms with E-state index >= 15 is 0 Å². The summed E-state index contributed by atoms with van der Waals surface area (Å²) in [6, 6.07) is 15.0. The lowest BCUT2D eigenvalue weighted by molar-refractivity contribution is -0.172. The number of cyclic esters (lactones) is 1. The summed E-state index contributed by atoms with van der Waals surface area (Å²) in [5.41, 5.74) is 9.17. The Morgan fingerprint density at radius 3 is 2.36 bits per heavy atom. The van der Waals surface area contributed by atoms with Gasteiger partial charge in [-0.05, 0) is 84.5 Å². The Morgan fingerprint density at radius 2 is 1.68 bits per heavy atom. The molecule has 340 valence electrons. The summed E-state index contributed by atoms with van der Waals surface area (Å²) in [6.45, 7) is 8.23. The number of fused-ring (bicyclic) bond motifs is 6. The van der Waals surface area contributed by atoms with Crippen molar-refractivity contribution in [2.24, 2.45) is 12.8 Å². The Kier molecular flexibility index (Phi) is 10.6. The lowest BCUT2D eigenvalue weighted by Crippen LogP contribution is -2.51. The first-order valence-corrected chi connectivity index (χ1v) is 21.7. The number of nitrogens with zero attached hydrogens (tertiary/aromatic N) is 6. The van der Waals surface area contributed by atoms with Crippen LogP contribution in [0.2, 0.25) is 0 Å². The number of hydrogen-bond acceptors (Lipinski definition) is 12. The maximum Gasteiger partial charge on any atom is 0.415 e. The van der Waals surface area contributed by atoms with Crippen LogP contribution >= 0.6 is 0 Å². The number of amidine groups is 1. The van der Waals surface area contributed by atoms with Gasteiger partial charge in [-0.1, -0.05) is 27.7 Å². The van der Waals surface area contributed by atoms with Crippen molar-refractivity contribution in [3.8, 4) is 28.6 Å². The van der Waals surface area contributed by atoms with Crippen molar-refractivity contribution in [1.82, 2.24) is 23.9 Å². The minimum atomic E-state index is -1.94. The van der Waals surface area contributed by atoms with Gasteiger partial charge in [-0.3, -0.25) is 15.0 Å². The molecule has 6 heterocycles. The van der Waals surface area contributed by atoms with Crippen LogP contribution < -0.4 is 20.9 Å².